The van der Waals surface area contributed by atoms with Gasteiger partial charge in [0.15, 0.2) is 0 Å². The van der Waals surface area contributed by atoms with Crippen LogP contribution in [0.15, 0.2) is 36.4 Å². The zero-order valence-electron chi connectivity index (χ0n) is 10.1. The van der Waals surface area contributed by atoms with E-state index in [-0.39, 0.29) is 5.69 Å². The van der Waals surface area contributed by atoms with E-state index < -0.39 is 10.7 Å². The van der Waals surface area contributed by atoms with E-state index in [1.807, 2.05) is 0 Å². The number of nitrogens with zero attached hydrogens (tertiary/aromatic N) is 1. The molecular weight excluding hydrogens is 287 g/mol. The van der Waals surface area contributed by atoms with Crippen LogP contribution in [0.4, 0.5) is 27.1 Å². The lowest BCUT2D eigenvalue weighted by Gasteiger charge is -2.10. The van der Waals surface area contributed by atoms with Crippen LogP contribution in [-0.2, 0) is 0 Å². The summed E-state index contributed by atoms with van der Waals surface area (Å²) in [5.41, 5.74) is 3.17. The van der Waals surface area contributed by atoms with E-state index in [2.05, 4.69) is 10.7 Å². The minimum absolute atomic E-state index is 0.157. The fraction of sp³-hybridized carbons (Fsp3) is 0. The Bertz CT molecular complexity index is 666. The Morgan fingerprint density at radius 2 is 1.90 bits per heavy atom. The molecule has 0 saturated heterocycles. The molecule has 4 N–H and O–H groups in total. The predicted octanol–water partition coefficient (Wildman–Crippen LogP) is 3.42. The Morgan fingerprint density at radius 1 is 1.20 bits per heavy atom. The van der Waals surface area contributed by atoms with Crippen molar-refractivity contribution in [1.29, 1.82) is 0 Å². The number of halogens is 2. The first kappa shape index (κ1) is 14.0. The SMILES string of the molecule is NNc1cc(Nc2cc(F)ccc2Cl)cc([N+](=O)[O-])c1. The molecule has 2 rings (SSSR count). The van der Waals surface area contributed by atoms with Gasteiger partial charge in [-0.05, 0) is 24.3 Å². The van der Waals surface area contributed by atoms with Crippen molar-refractivity contribution < 1.29 is 9.31 Å². The predicted molar refractivity (Wildman–Crippen MR) is 75.6 cm³/mol. The number of hydrogen-bond donors (Lipinski definition) is 3. The number of nitrogens with one attached hydrogen (secondary N) is 2. The van der Waals surface area contributed by atoms with Gasteiger partial charge in [-0.25, -0.2) is 4.39 Å². The summed E-state index contributed by atoms with van der Waals surface area (Å²) >= 11 is 5.92. The Labute approximate surface area is 118 Å². The molecule has 0 saturated carbocycles. The van der Waals surface area contributed by atoms with Gasteiger partial charge in [-0.15, -0.1) is 0 Å². The molecule has 0 atom stereocenters. The summed E-state index contributed by atoms with van der Waals surface area (Å²) in [6.07, 6.45) is 0. The molecule has 0 unspecified atom stereocenters. The molecule has 0 fully saturated rings. The Hall–Kier alpha value is -2.38. The number of rotatable bonds is 4. The van der Waals surface area contributed by atoms with Crippen LogP contribution in [-0.4, -0.2) is 4.92 Å². The second-order valence-electron chi connectivity index (χ2n) is 3.92. The molecule has 0 radical (unpaired) electrons. The van der Waals surface area contributed by atoms with E-state index in [1.54, 1.807) is 0 Å². The largest absolute Gasteiger partial charge is 0.354 e. The quantitative estimate of drug-likeness (QED) is 0.456. The third kappa shape index (κ3) is 3.14. The fourth-order valence-corrected chi connectivity index (χ4v) is 1.79. The van der Waals surface area contributed by atoms with Crippen molar-refractivity contribution in [3.8, 4) is 0 Å². The maximum absolute atomic E-state index is 13.2. The van der Waals surface area contributed by atoms with Crippen LogP contribution in [0.1, 0.15) is 0 Å². The highest BCUT2D eigenvalue weighted by Gasteiger charge is 2.11. The van der Waals surface area contributed by atoms with Gasteiger partial charge in [0.05, 0.1) is 21.3 Å². The monoisotopic (exact) mass is 296 g/mol. The highest BCUT2D eigenvalue weighted by atomic mass is 35.5. The highest BCUT2D eigenvalue weighted by Crippen LogP contribution is 2.30. The summed E-state index contributed by atoms with van der Waals surface area (Å²) in [6.45, 7) is 0. The number of hydrogen-bond acceptors (Lipinski definition) is 5. The normalized spacial score (nSPS) is 10.2. The van der Waals surface area contributed by atoms with Crippen molar-refractivity contribution in [2.45, 2.75) is 0 Å². The molecule has 2 aromatic carbocycles. The van der Waals surface area contributed by atoms with Gasteiger partial charge in [-0.2, -0.15) is 0 Å². The summed E-state index contributed by atoms with van der Waals surface area (Å²) in [7, 11) is 0. The zero-order valence-corrected chi connectivity index (χ0v) is 10.8. The first-order valence-electron chi connectivity index (χ1n) is 5.48. The van der Waals surface area contributed by atoms with E-state index in [0.29, 0.717) is 22.1 Å². The molecule has 0 aliphatic carbocycles. The number of hydrazine groups is 1. The lowest BCUT2D eigenvalue weighted by molar-refractivity contribution is -0.384. The minimum atomic E-state index is -0.556. The standard InChI is InChI=1S/C12H10ClFN4O2/c13-11-2-1-7(14)3-12(11)16-8-4-9(17-15)6-10(5-8)18(19)20/h1-6,16-17H,15H2. The molecule has 0 bridgehead atoms. The van der Waals surface area contributed by atoms with E-state index in [4.69, 9.17) is 17.4 Å². The van der Waals surface area contributed by atoms with E-state index in [0.717, 1.165) is 0 Å². The van der Waals surface area contributed by atoms with Crippen LogP contribution in [0, 0.1) is 15.9 Å². The second-order valence-corrected chi connectivity index (χ2v) is 4.33. The summed E-state index contributed by atoms with van der Waals surface area (Å²) in [5.74, 6) is 4.78. The lowest BCUT2D eigenvalue weighted by atomic mass is 10.2. The van der Waals surface area contributed by atoms with Crippen LogP contribution in [0.3, 0.4) is 0 Å². The minimum Gasteiger partial charge on any atom is -0.354 e. The average molecular weight is 297 g/mol. The van der Waals surface area contributed by atoms with Crippen molar-refractivity contribution >= 4 is 34.4 Å². The van der Waals surface area contributed by atoms with Crippen molar-refractivity contribution in [3.05, 3.63) is 57.4 Å². The summed E-state index contributed by atoms with van der Waals surface area (Å²) in [4.78, 5) is 10.3. The summed E-state index contributed by atoms with van der Waals surface area (Å²) in [5, 5.41) is 13.9. The molecule has 20 heavy (non-hydrogen) atoms. The van der Waals surface area contributed by atoms with E-state index in [1.165, 1.54) is 36.4 Å². The molecule has 104 valence electrons. The number of nitro benzene ring substituents is 1. The van der Waals surface area contributed by atoms with Gasteiger partial charge < -0.3 is 10.7 Å². The van der Waals surface area contributed by atoms with Crippen LogP contribution >= 0.6 is 11.6 Å². The van der Waals surface area contributed by atoms with Crippen molar-refractivity contribution in [2.75, 3.05) is 10.7 Å². The molecule has 0 aliphatic heterocycles. The van der Waals surface area contributed by atoms with E-state index >= 15 is 0 Å². The highest BCUT2D eigenvalue weighted by molar-refractivity contribution is 6.33. The number of nitrogen functional groups attached to an aromatic ring is 1. The number of non-ortho nitro benzene ring substituents is 1. The van der Waals surface area contributed by atoms with Crippen molar-refractivity contribution in [3.63, 3.8) is 0 Å². The van der Waals surface area contributed by atoms with Gasteiger partial charge in [-0.1, -0.05) is 11.6 Å². The molecule has 0 heterocycles. The first-order valence-corrected chi connectivity index (χ1v) is 5.85. The van der Waals surface area contributed by atoms with Gasteiger partial charge in [0, 0.05) is 17.8 Å². The molecule has 0 spiro atoms. The fourth-order valence-electron chi connectivity index (χ4n) is 1.62. The van der Waals surface area contributed by atoms with Gasteiger partial charge in [0.25, 0.3) is 5.69 Å². The van der Waals surface area contributed by atoms with Gasteiger partial charge in [-0.3, -0.25) is 16.0 Å². The zero-order chi connectivity index (χ0) is 14.7. The van der Waals surface area contributed by atoms with E-state index in [9.17, 15) is 14.5 Å². The Morgan fingerprint density at radius 3 is 2.55 bits per heavy atom. The first-order chi connectivity index (χ1) is 9.49. The van der Waals surface area contributed by atoms with Crippen LogP contribution in [0.2, 0.25) is 5.02 Å². The van der Waals surface area contributed by atoms with Crippen LogP contribution in [0.5, 0.6) is 0 Å². The molecule has 8 heteroatoms. The van der Waals surface area contributed by atoms with Gasteiger partial charge in [0.2, 0.25) is 0 Å². The third-order valence-electron chi connectivity index (χ3n) is 2.50. The second kappa shape index (κ2) is 5.72. The van der Waals surface area contributed by atoms with Crippen molar-refractivity contribution in [1.82, 2.24) is 0 Å². The van der Waals surface area contributed by atoms with Gasteiger partial charge >= 0.3 is 0 Å². The molecule has 0 aromatic heterocycles. The molecule has 0 amide bonds. The lowest BCUT2D eigenvalue weighted by Crippen LogP contribution is -2.07. The van der Waals surface area contributed by atoms with Gasteiger partial charge in [0.1, 0.15) is 5.82 Å². The number of benzene rings is 2. The Kier molecular flexibility index (Phi) is 4.02. The summed E-state index contributed by atoms with van der Waals surface area (Å²) < 4.78 is 13.2. The van der Waals surface area contributed by atoms with Crippen LogP contribution < -0.4 is 16.6 Å². The molecular formula is C12H10ClFN4O2. The maximum atomic E-state index is 13.2. The molecule has 0 aliphatic rings. The van der Waals surface area contributed by atoms with Crippen LogP contribution in [0.25, 0.3) is 0 Å². The Balaban J connectivity index is 2.39. The topological polar surface area (TPSA) is 93.2 Å². The molecule has 6 nitrogen and oxygen atoms in total. The third-order valence-corrected chi connectivity index (χ3v) is 2.83. The maximum Gasteiger partial charge on any atom is 0.273 e. The summed E-state index contributed by atoms with van der Waals surface area (Å²) in [6, 6.07) is 7.90. The van der Waals surface area contributed by atoms with Crippen molar-refractivity contribution in [2.24, 2.45) is 5.84 Å². The number of nitro groups is 1. The number of nitrogens with two attached hydrogens (primary N) is 1. The smallest absolute Gasteiger partial charge is 0.273 e. The average Bonchev–Trinajstić information content (AvgIpc) is 2.42. The molecule has 2 aromatic rings. The number of anilines is 3.